The van der Waals surface area contributed by atoms with Crippen LogP contribution in [0.2, 0.25) is 5.02 Å². The number of carbonyl (C=O) groups excluding carboxylic acids is 1. The normalized spacial score (nSPS) is 10.8. The number of hydrogen-bond acceptors (Lipinski definition) is 1. The second kappa shape index (κ2) is 6.55. The molecule has 112 valence electrons. The van der Waals surface area contributed by atoms with E-state index in [4.69, 9.17) is 11.6 Å². The first kappa shape index (κ1) is 15.1. The van der Waals surface area contributed by atoms with Crippen LogP contribution in [0.15, 0.2) is 59.2 Å². The Morgan fingerprint density at radius 3 is 2.86 bits per heavy atom. The molecule has 22 heavy (non-hydrogen) atoms. The number of hydrogen-bond donors (Lipinski definition) is 1. The van der Waals surface area contributed by atoms with Crippen LogP contribution in [0.25, 0.3) is 10.9 Å². The van der Waals surface area contributed by atoms with Crippen molar-refractivity contribution in [2.75, 3.05) is 6.54 Å². The fourth-order valence-electron chi connectivity index (χ4n) is 2.39. The van der Waals surface area contributed by atoms with Gasteiger partial charge in [0.15, 0.2) is 0 Å². The van der Waals surface area contributed by atoms with Crippen LogP contribution in [0.4, 0.5) is 0 Å². The van der Waals surface area contributed by atoms with Crippen LogP contribution >= 0.6 is 27.5 Å². The number of halogens is 2. The van der Waals surface area contributed by atoms with E-state index in [-0.39, 0.29) is 5.91 Å². The van der Waals surface area contributed by atoms with E-state index in [2.05, 4.69) is 44.0 Å². The van der Waals surface area contributed by atoms with Gasteiger partial charge in [0.05, 0.1) is 10.6 Å². The Labute approximate surface area is 142 Å². The van der Waals surface area contributed by atoms with Gasteiger partial charge < -0.3 is 9.88 Å². The molecule has 2 aromatic carbocycles. The summed E-state index contributed by atoms with van der Waals surface area (Å²) in [5.41, 5.74) is 1.64. The summed E-state index contributed by atoms with van der Waals surface area (Å²) in [7, 11) is 0. The molecule has 0 aliphatic heterocycles. The van der Waals surface area contributed by atoms with Gasteiger partial charge in [-0.1, -0.05) is 45.7 Å². The summed E-state index contributed by atoms with van der Waals surface area (Å²) >= 11 is 9.41. The predicted molar refractivity (Wildman–Crippen MR) is 93.4 cm³/mol. The number of nitrogens with one attached hydrogen (secondary N) is 1. The van der Waals surface area contributed by atoms with E-state index in [1.807, 2.05) is 24.4 Å². The SMILES string of the molecule is O=C(NCCn1ccc2ccccc21)c1cc(Br)ccc1Cl. The first-order valence-electron chi connectivity index (χ1n) is 6.92. The van der Waals surface area contributed by atoms with Crippen molar-refractivity contribution in [3.05, 3.63) is 69.8 Å². The molecule has 3 aromatic rings. The van der Waals surface area contributed by atoms with Gasteiger partial charge in [0, 0.05) is 29.3 Å². The maximum Gasteiger partial charge on any atom is 0.252 e. The minimum Gasteiger partial charge on any atom is -0.350 e. The molecule has 0 aliphatic rings. The Bertz CT molecular complexity index is 828. The van der Waals surface area contributed by atoms with E-state index in [1.165, 1.54) is 5.39 Å². The Morgan fingerprint density at radius 2 is 2.00 bits per heavy atom. The molecular weight excluding hydrogens is 364 g/mol. The third kappa shape index (κ3) is 3.18. The highest BCUT2D eigenvalue weighted by Crippen LogP contribution is 2.21. The average Bonchev–Trinajstić information content (AvgIpc) is 2.93. The Balaban J connectivity index is 1.65. The summed E-state index contributed by atoms with van der Waals surface area (Å²) in [5, 5.41) is 4.55. The van der Waals surface area contributed by atoms with Crippen LogP contribution < -0.4 is 5.32 Å². The zero-order valence-electron chi connectivity index (χ0n) is 11.7. The van der Waals surface area contributed by atoms with Crippen molar-refractivity contribution in [2.45, 2.75) is 6.54 Å². The lowest BCUT2D eigenvalue weighted by atomic mass is 10.2. The lowest BCUT2D eigenvalue weighted by molar-refractivity contribution is 0.0952. The van der Waals surface area contributed by atoms with Gasteiger partial charge in [0.25, 0.3) is 5.91 Å². The van der Waals surface area contributed by atoms with Crippen molar-refractivity contribution in [3.8, 4) is 0 Å². The molecule has 5 heteroatoms. The quantitative estimate of drug-likeness (QED) is 0.714. The number of rotatable bonds is 4. The van der Waals surface area contributed by atoms with E-state index in [1.54, 1.807) is 12.1 Å². The minimum atomic E-state index is -0.164. The summed E-state index contributed by atoms with van der Waals surface area (Å²) in [6, 6.07) is 15.5. The van der Waals surface area contributed by atoms with E-state index in [0.717, 1.165) is 9.99 Å². The van der Waals surface area contributed by atoms with Crippen molar-refractivity contribution in [3.63, 3.8) is 0 Å². The molecule has 0 radical (unpaired) electrons. The van der Waals surface area contributed by atoms with E-state index in [0.29, 0.717) is 23.7 Å². The third-order valence-electron chi connectivity index (χ3n) is 3.49. The fraction of sp³-hybridized carbons (Fsp3) is 0.118. The molecule has 0 unspecified atom stereocenters. The lowest BCUT2D eigenvalue weighted by Gasteiger charge is -2.09. The molecule has 0 bridgehead atoms. The van der Waals surface area contributed by atoms with E-state index >= 15 is 0 Å². The molecule has 1 aromatic heterocycles. The first-order chi connectivity index (χ1) is 10.6. The summed E-state index contributed by atoms with van der Waals surface area (Å²) in [4.78, 5) is 12.2. The summed E-state index contributed by atoms with van der Waals surface area (Å²) < 4.78 is 2.96. The van der Waals surface area contributed by atoms with Crippen LogP contribution in [-0.4, -0.2) is 17.0 Å². The van der Waals surface area contributed by atoms with Gasteiger partial charge in [-0.25, -0.2) is 0 Å². The molecule has 3 rings (SSSR count). The monoisotopic (exact) mass is 376 g/mol. The van der Waals surface area contributed by atoms with Crippen LogP contribution in [-0.2, 0) is 6.54 Å². The van der Waals surface area contributed by atoms with Gasteiger partial charge in [0.2, 0.25) is 0 Å². The highest BCUT2D eigenvalue weighted by atomic mass is 79.9. The van der Waals surface area contributed by atoms with Crippen LogP contribution in [0.1, 0.15) is 10.4 Å². The van der Waals surface area contributed by atoms with Gasteiger partial charge in [0.1, 0.15) is 0 Å². The maximum absolute atomic E-state index is 12.2. The summed E-state index contributed by atoms with van der Waals surface area (Å²) in [5.74, 6) is -0.164. The molecule has 0 saturated carbocycles. The number of amides is 1. The van der Waals surface area contributed by atoms with Gasteiger partial charge in [-0.3, -0.25) is 4.79 Å². The molecule has 0 aliphatic carbocycles. The number of fused-ring (bicyclic) bond motifs is 1. The average molecular weight is 378 g/mol. The van der Waals surface area contributed by atoms with Gasteiger partial charge in [-0.05, 0) is 35.7 Å². The fourth-order valence-corrected chi connectivity index (χ4v) is 2.96. The molecule has 1 heterocycles. The molecule has 1 N–H and O–H groups in total. The molecule has 3 nitrogen and oxygen atoms in total. The number of aromatic nitrogens is 1. The number of benzene rings is 2. The van der Waals surface area contributed by atoms with Gasteiger partial charge in [-0.2, -0.15) is 0 Å². The largest absolute Gasteiger partial charge is 0.350 e. The van der Waals surface area contributed by atoms with Crippen molar-refractivity contribution in [1.29, 1.82) is 0 Å². The van der Waals surface area contributed by atoms with Crippen LogP contribution in [0.3, 0.4) is 0 Å². The zero-order chi connectivity index (χ0) is 15.5. The van der Waals surface area contributed by atoms with Gasteiger partial charge >= 0.3 is 0 Å². The van der Waals surface area contributed by atoms with E-state index in [9.17, 15) is 4.79 Å². The number of para-hydroxylation sites is 1. The van der Waals surface area contributed by atoms with Crippen LogP contribution in [0.5, 0.6) is 0 Å². The summed E-state index contributed by atoms with van der Waals surface area (Å²) in [6.45, 7) is 1.26. The molecule has 1 amide bonds. The van der Waals surface area contributed by atoms with Crippen molar-refractivity contribution < 1.29 is 4.79 Å². The smallest absolute Gasteiger partial charge is 0.252 e. The molecule has 0 spiro atoms. The minimum absolute atomic E-state index is 0.164. The Kier molecular flexibility index (Phi) is 4.50. The maximum atomic E-state index is 12.2. The Hall–Kier alpha value is -1.78. The van der Waals surface area contributed by atoms with Crippen LogP contribution in [0, 0.1) is 0 Å². The third-order valence-corrected chi connectivity index (χ3v) is 4.31. The number of carbonyl (C=O) groups is 1. The van der Waals surface area contributed by atoms with Crippen molar-refractivity contribution in [1.82, 2.24) is 9.88 Å². The highest BCUT2D eigenvalue weighted by Gasteiger charge is 2.10. The predicted octanol–water partition coefficient (Wildman–Crippen LogP) is 4.49. The summed E-state index contributed by atoms with van der Waals surface area (Å²) in [6.07, 6.45) is 2.03. The standard InChI is InChI=1S/C17H14BrClN2O/c18-13-5-6-15(19)14(11-13)17(22)20-8-10-21-9-7-12-3-1-2-4-16(12)21/h1-7,9,11H,8,10H2,(H,20,22). The number of nitrogens with zero attached hydrogens (tertiary/aromatic N) is 1. The van der Waals surface area contributed by atoms with E-state index < -0.39 is 0 Å². The zero-order valence-corrected chi connectivity index (χ0v) is 14.1. The molecular formula is C17H14BrClN2O. The second-order valence-electron chi connectivity index (χ2n) is 4.95. The Morgan fingerprint density at radius 1 is 1.18 bits per heavy atom. The topological polar surface area (TPSA) is 34.0 Å². The van der Waals surface area contributed by atoms with Crippen molar-refractivity contribution >= 4 is 44.3 Å². The van der Waals surface area contributed by atoms with Crippen molar-refractivity contribution in [2.24, 2.45) is 0 Å². The molecule has 0 saturated heterocycles. The lowest BCUT2D eigenvalue weighted by Crippen LogP contribution is -2.27. The second-order valence-corrected chi connectivity index (χ2v) is 6.27. The molecule has 0 atom stereocenters. The highest BCUT2D eigenvalue weighted by molar-refractivity contribution is 9.10. The molecule has 0 fully saturated rings. The first-order valence-corrected chi connectivity index (χ1v) is 8.09. The van der Waals surface area contributed by atoms with Gasteiger partial charge in [-0.15, -0.1) is 0 Å².